The van der Waals surface area contributed by atoms with Crippen LogP contribution in [0.2, 0.25) is 25.1 Å². The molecule has 2 aromatic rings. The van der Waals surface area contributed by atoms with Gasteiger partial charge in [-0.05, 0) is 0 Å². The molecule has 0 saturated heterocycles. The fourth-order valence-corrected chi connectivity index (χ4v) is 2.83. The number of anilines is 1. The maximum absolute atomic E-state index is 13.4. The standard InChI is InChI=1S/C11H4Cl5FN2/c12-6-5(3-1-19-2-4(17)11(3)18)7(13)9(15)10(16)8(6)14/h1-2H,(H2,18,19). The lowest BCUT2D eigenvalue weighted by Gasteiger charge is -2.14. The Labute approximate surface area is 133 Å². The van der Waals surface area contributed by atoms with E-state index in [1.54, 1.807) is 0 Å². The normalized spacial score (nSPS) is 10.8. The first-order valence-corrected chi connectivity index (χ1v) is 6.66. The molecule has 0 atom stereocenters. The van der Waals surface area contributed by atoms with Gasteiger partial charge in [-0.15, -0.1) is 0 Å². The van der Waals surface area contributed by atoms with Gasteiger partial charge >= 0.3 is 0 Å². The third-order valence-corrected chi connectivity index (χ3v) is 4.69. The number of nitrogens with zero attached hydrogens (tertiary/aromatic N) is 1. The summed E-state index contributed by atoms with van der Waals surface area (Å²) in [5.74, 6) is -0.702. The van der Waals surface area contributed by atoms with Crippen LogP contribution < -0.4 is 5.73 Å². The molecule has 1 aromatic carbocycles. The lowest BCUT2D eigenvalue weighted by molar-refractivity contribution is 0.627. The molecule has 2 nitrogen and oxygen atoms in total. The van der Waals surface area contributed by atoms with Crippen LogP contribution in [0.4, 0.5) is 10.1 Å². The molecular weight excluding hydrogens is 356 g/mol. The summed E-state index contributed by atoms with van der Waals surface area (Å²) in [5.41, 5.74) is 5.86. The van der Waals surface area contributed by atoms with Gasteiger partial charge in [0.15, 0.2) is 5.82 Å². The van der Waals surface area contributed by atoms with Gasteiger partial charge in [0.05, 0.1) is 37.0 Å². The molecule has 0 amide bonds. The average molecular weight is 360 g/mol. The minimum Gasteiger partial charge on any atom is -0.396 e. The fourth-order valence-electron chi connectivity index (χ4n) is 1.49. The van der Waals surface area contributed by atoms with Crippen molar-refractivity contribution >= 4 is 63.7 Å². The highest BCUT2D eigenvalue weighted by Gasteiger charge is 2.22. The number of halogens is 6. The van der Waals surface area contributed by atoms with Gasteiger partial charge in [-0.25, -0.2) is 4.39 Å². The van der Waals surface area contributed by atoms with Crippen LogP contribution in [0.3, 0.4) is 0 Å². The summed E-state index contributed by atoms with van der Waals surface area (Å²) < 4.78 is 13.4. The molecule has 0 unspecified atom stereocenters. The second-order valence-corrected chi connectivity index (χ2v) is 5.42. The summed E-state index contributed by atoms with van der Waals surface area (Å²) in [7, 11) is 0. The van der Waals surface area contributed by atoms with Crippen molar-refractivity contribution in [2.24, 2.45) is 0 Å². The van der Waals surface area contributed by atoms with Gasteiger partial charge in [0, 0.05) is 17.3 Å². The van der Waals surface area contributed by atoms with Gasteiger partial charge in [0.1, 0.15) is 0 Å². The number of hydrogen-bond acceptors (Lipinski definition) is 2. The Kier molecular flexibility index (Phi) is 4.33. The first-order chi connectivity index (χ1) is 8.86. The molecule has 0 aliphatic carbocycles. The van der Waals surface area contributed by atoms with E-state index >= 15 is 0 Å². The largest absolute Gasteiger partial charge is 0.396 e. The summed E-state index contributed by atoms with van der Waals surface area (Å²) in [6, 6.07) is 0. The van der Waals surface area contributed by atoms with E-state index in [2.05, 4.69) is 4.98 Å². The number of benzene rings is 1. The molecular formula is C11H4Cl5FN2. The number of hydrogen-bond donors (Lipinski definition) is 1. The maximum Gasteiger partial charge on any atom is 0.164 e. The zero-order valence-electron chi connectivity index (χ0n) is 8.95. The third-order valence-electron chi connectivity index (χ3n) is 2.42. The summed E-state index contributed by atoms with van der Waals surface area (Å²) in [6.07, 6.45) is 2.28. The predicted molar refractivity (Wildman–Crippen MR) is 79.1 cm³/mol. The van der Waals surface area contributed by atoms with Crippen molar-refractivity contribution in [3.63, 3.8) is 0 Å². The Morgan fingerprint density at radius 2 is 1.32 bits per heavy atom. The minimum atomic E-state index is -0.702. The first-order valence-electron chi connectivity index (χ1n) is 4.77. The van der Waals surface area contributed by atoms with Gasteiger partial charge in [-0.2, -0.15) is 0 Å². The van der Waals surface area contributed by atoms with Gasteiger partial charge in [0.25, 0.3) is 0 Å². The minimum absolute atomic E-state index is 0.0106. The number of nitrogen functional groups attached to an aromatic ring is 1. The first kappa shape index (κ1) is 14.9. The molecule has 0 bridgehead atoms. The lowest BCUT2D eigenvalue weighted by atomic mass is 10.1. The molecule has 0 spiro atoms. The Balaban J connectivity index is 2.87. The van der Waals surface area contributed by atoms with E-state index in [0.717, 1.165) is 6.20 Å². The molecule has 2 rings (SSSR count). The lowest BCUT2D eigenvalue weighted by Crippen LogP contribution is -1.97. The van der Waals surface area contributed by atoms with E-state index in [4.69, 9.17) is 63.7 Å². The van der Waals surface area contributed by atoms with Crippen LogP contribution in [0.1, 0.15) is 0 Å². The maximum atomic E-state index is 13.4. The fraction of sp³-hybridized carbons (Fsp3) is 0. The van der Waals surface area contributed by atoms with Crippen molar-refractivity contribution in [2.45, 2.75) is 0 Å². The number of aromatic nitrogens is 1. The van der Waals surface area contributed by atoms with Gasteiger partial charge in [-0.3, -0.25) is 4.98 Å². The van der Waals surface area contributed by atoms with Gasteiger partial charge in [-0.1, -0.05) is 58.0 Å². The average Bonchev–Trinajstić information content (AvgIpc) is 2.39. The van der Waals surface area contributed by atoms with Crippen LogP contribution in [0.15, 0.2) is 12.4 Å². The monoisotopic (exact) mass is 358 g/mol. The number of rotatable bonds is 1. The van der Waals surface area contributed by atoms with Crippen molar-refractivity contribution in [3.8, 4) is 11.1 Å². The highest BCUT2D eigenvalue weighted by atomic mass is 35.5. The van der Waals surface area contributed by atoms with E-state index in [1.807, 2.05) is 0 Å². The van der Waals surface area contributed by atoms with Crippen LogP contribution >= 0.6 is 58.0 Å². The van der Waals surface area contributed by atoms with Crippen LogP contribution in [-0.4, -0.2) is 4.98 Å². The second-order valence-electron chi connectivity index (χ2n) is 3.53. The van der Waals surface area contributed by atoms with E-state index in [-0.39, 0.29) is 41.9 Å². The summed E-state index contributed by atoms with van der Waals surface area (Å²) in [5, 5.41) is 0.0955. The third kappa shape index (κ3) is 2.46. The van der Waals surface area contributed by atoms with Crippen LogP contribution in [0.5, 0.6) is 0 Å². The van der Waals surface area contributed by atoms with E-state index in [0.29, 0.717) is 0 Å². The number of nitrogens with two attached hydrogens (primary N) is 1. The number of pyridine rings is 1. The quantitative estimate of drug-likeness (QED) is 0.520. The van der Waals surface area contributed by atoms with Gasteiger partial charge < -0.3 is 5.73 Å². The van der Waals surface area contributed by atoms with E-state index < -0.39 is 5.82 Å². The Bertz CT molecular complexity index is 646. The summed E-state index contributed by atoms with van der Waals surface area (Å²) in [6.45, 7) is 0. The van der Waals surface area contributed by atoms with Crippen LogP contribution in [0.25, 0.3) is 11.1 Å². The van der Waals surface area contributed by atoms with Crippen molar-refractivity contribution in [3.05, 3.63) is 43.3 Å². The molecule has 0 radical (unpaired) electrons. The second kappa shape index (κ2) is 5.51. The topological polar surface area (TPSA) is 38.9 Å². The Morgan fingerprint density at radius 3 is 1.84 bits per heavy atom. The SMILES string of the molecule is Nc1c(F)cncc1-c1c(Cl)c(Cl)c(Cl)c(Cl)c1Cl. The Morgan fingerprint density at radius 1 is 0.842 bits per heavy atom. The molecule has 0 saturated carbocycles. The summed E-state index contributed by atoms with van der Waals surface area (Å²) in [4.78, 5) is 3.69. The van der Waals surface area contributed by atoms with E-state index in [1.165, 1.54) is 6.20 Å². The highest BCUT2D eigenvalue weighted by molar-refractivity contribution is 6.56. The molecule has 1 heterocycles. The molecule has 100 valence electrons. The molecule has 8 heteroatoms. The predicted octanol–water partition coefficient (Wildman–Crippen LogP) is 5.74. The van der Waals surface area contributed by atoms with Crippen molar-refractivity contribution in [2.75, 3.05) is 5.73 Å². The molecule has 0 aliphatic rings. The zero-order valence-corrected chi connectivity index (χ0v) is 12.7. The molecule has 19 heavy (non-hydrogen) atoms. The molecule has 0 fully saturated rings. The zero-order chi connectivity index (χ0) is 14.3. The molecule has 1 aromatic heterocycles. The van der Waals surface area contributed by atoms with Gasteiger partial charge in [0.2, 0.25) is 0 Å². The Hall–Kier alpha value is -0.450. The molecule has 2 N–H and O–H groups in total. The molecule has 0 aliphatic heterocycles. The van der Waals surface area contributed by atoms with Crippen LogP contribution in [0, 0.1) is 5.82 Å². The van der Waals surface area contributed by atoms with Crippen molar-refractivity contribution < 1.29 is 4.39 Å². The van der Waals surface area contributed by atoms with Crippen molar-refractivity contribution in [1.29, 1.82) is 0 Å². The summed E-state index contributed by atoms with van der Waals surface area (Å²) >= 11 is 29.9. The smallest absolute Gasteiger partial charge is 0.164 e. The van der Waals surface area contributed by atoms with Crippen LogP contribution in [-0.2, 0) is 0 Å². The highest BCUT2D eigenvalue weighted by Crippen LogP contribution is 2.49. The van der Waals surface area contributed by atoms with Crippen molar-refractivity contribution in [1.82, 2.24) is 4.98 Å². The van der Waals surface area contributed by atoms with E-state index in [9.17, 15) is 4.39 Å².